The van der Waals surface area contributed by atoms with Crippen LogP contribution in [-0.4, -0.2) is 36.0 Å². The summed E-state index contributed by atoms with van der Waals surface area (Å²) in [5.74, 6) is 1.66. The summed E-state index contributed by atoms with van der Waals surface area (Å²) in [5, 5.41) is 13.0. The van der Waals surface area contributed by atoms with Crippen molar-refractivity contribution in [3.8, 4) is 0 Å². The first-order valence-corrected chi connectivity index (χ1v) is 8.86. The maximum absolute atomic E-state index is 9.55. The van der Waals surface area contributed by atoms with E-state index in [0.717, 1.165) is 37.7 Å². The zero-order valence-electron chi connectivity index (χ0n) is 14.8. The Balaban J connectivity index is 2.14. The smallest absolute Gasteiger partial charge is 0.0610 e. The van der Waals surface area contributed by atoms with Gasteiger partial charge in [0.25, 0.3) is 0 Å². The Labute approximate surface area is 131 Å². The molecule has 126 valence electrons. The third-order valence-electron chi connectivity index (χ3n) is 5.01. The van der Waals surface area contributed by atoms with Crippen LogP contribution in [0.1, 0.15) is 73.1 Å². The fourth-order valence-electron chi connectivity index (χ4n) is 3.41. The fraction of sp³-hybridized carbons (Fsp3) is 1.00. The molecule has 3 nitrogen and oxygen atoms in total. The standard InChI is InChI=1S/C18H37NO2/c1-14(2)19-18(5,13-20)10-6-7-11-21-17-9-8-15(3)16(4)12-17/h14-17,19-20H,6-13H2,1-5H3. The highest BCUT2D eigenvalue weighted by Gasteiger charge is 2.25. The number of aliphatic hydroxyl groups is 1. The maximum atomic E-state index is 9.55. The number of rotatable bonds is 9. The molecule has 1 fully saturated rings. The number of ether oxygens (including phenoxy) is 1. The molecule has 0 aromatic heterocycles. The third kappa shape index (κ3) is 7.12. The molecule has 0 aromatic carbocycles. The van der Waals surface area contributed by atoms with Gasteiger partial charge in [0.05, 0.1) is 12.7 Å². The van der Waals surface area contributed by atoms with Crippen LogP contribution in [0.4, 0.5) is 0 Å². The predicted molar refractivity (Wildman–Crippen MR) is 89.5 cm³/mol. The molecule has 2 N–H and O–H groups in total. The van der Waals surface area contributed by atoms with E-state index in [1.807, 2.05) is 0 Å². The van der Waals surface area contributed by atoms with Crippen molar-refractivity contribution in [2.75, 3.05) is 13.2 Å². The highest BCUT2D eigenvalue weighted by molar-refractivity contribution is 4.83. The Morgan fingerprint density at radius 3 is 2.48 bits per heavy atom. The fourth-order valence-corrected chi connectivity index (χ4v) is 3.41. The Bertz CT molecular complexity index is 282. The van der Waals surface area contributed by atoms with Gasteiger partial charge in [-0.3, -0.25) is 0 Å². The van der Waals surface area contributed by atoms with Gasteiger partial charge in [-0.05, 0) is 57.3 Å². The van der Waals surface area contributed by atoms with Crippen molar-refractivity contribution < 1.29 is 9.84 Å². The molecule has 0 radical (unpaired) electrons. The summed E-state index contributed by atoms with van der Waals surface area (Å²) in [6.45, 7) is 12.1. The van der Waals surface area contributed by atoms with Crippen LogP contribution in [0.3, 0.4) is 0 Å². The van der Waals surface area contributed by atoms with Gasteiger partial charge in [0.15, 0.2) is 0 Å². The Morgan fingerprint density at radius 2 is 1.90 bits per heavy atom. The van der Waals surface area contributed by atoms with Crippen molar-refractivity contribution >= 4 is 0 Å². The number of nitrogens with one attached hydrogen (secondary N) is 1. The van der Waals surface area contributed by atoms with Gasteiger partial charge in [-0.2, -0.15) is 0 Å². The van der Waals surface area contributed by atoms with Crippen LogP contribution in [0, 0.1) is 11.8 Å². The molecule has 1 aliphatic carbocycles. The lowest BCUT2D eigenvalue weighted by atomic mass is 9.80. The Kier molecular flexibility index (Phi) is 8.22. The zero-order chi connectivity index (χ0) is 15.9. The maximum Gasteiger partial charge on any atom is 0.0610 e. The monoisotopic (exact) mass is 299 g/mol. The molecule has 1 rings (SSSR count). The van der Waals surface area contributed by atoms with Gasteiger partial charge in [-0.1, -0.05) is 27.7 Å². The number of aliphatic hydroxyl groups excluding tert-OH is 1. The molecular weight excluding hydrogens is 262 g/mol. The lowest BCUT2D eigenvalue weighted by Crippen LogP contribution is -2.49. The molecule has 0 aliphatic heterocycles. The first kappa shape index (κ1) is 18.9. The predicted octanol–water partition coefficient (Wildman–Crippen LogP) is 3.75. The van der Waals surface area contributed by atoms with Gasteiger partial charge in [0, 0.05) is 18.2 Å². The number of hydrogen-bond acceptors (Lipinski definition) is 3. The van der Waals surface area contributed by atoms with Gasteiger partial charge < -0.3 is 15.2 Å². The van der Waals surface area contributed by atoms with E-state index in [9.17, 15) is 5.11 Å². The van der Waals surface area contributed by atoms with E-state index >= 15 is 0 Å². The lowest BCUT2D eigenvalue weighted by Gasteiger charge is -2.32. The molecule has 0 heterocycles. The molecule has 21 heavy (non-hydrogen) atoms. The van der Waals surface area contributed by atoms with Crippen molar-refractivity contribution in [3.05, 3.63) is 0 Å². The van der Waals surface area contributed by atoms with Gasteiger partial charge in [-0.15, -0.1) is 0 Å². The van der Waals surface area contributed by atoms with Crippen molar-refractivity contribution in [2.45, 2.75) is 90.8 Å². The average Bonchev–Trinajstić information content (AvgIpc) is 2.41. The SMILES string of the molecule is CC(C)NC(C)(CO)CCCCOC1CCC(C)C(C)C1. The molecule has 3 heteroatoms. The van der Waals surface area contributed by atoms with E-state index in [1.54, 1.807) is 0 Å². The van der Waals surface area contributed by atoms with E-state index in [2.05, 4.69) is 39.9 Å². The summed E-state index contributed by atoms with van der Waals surface area (Å²) in [6.07, 6.45) is 7.45. The first-order chi connectivity index (χ1) is 9.86. The molecule has 0 saturated heterocycles. The van der Waals surface area contributed by atoms with Crippen LogP contribution in [0.2, 0.25) is 0 Å². The van der Waals surface area contributed by atoms with Gasteiger partial charge in [0.1, 0.15) is 0 Å². The number of unbranched alkanes of at least 4 members (excludes halogenated alkanes) is 1. The molecule has 0 spiro atoms. The Morgan fingerprint density at radius 1 is 1.19 bits per heavy atom. The van der Waals surface area contributed by atoms with Crippen LogP contribution in [0.25, 0.3) is 0 Å². The van der Waals surface area contributed by atoms with Crippen molar-refractivity contribution in [1.82, 2.24) is 5.32 Å². The summed E-state index contributed by atoms with van der Waals surface area (Å²) >= 11 is 0. The second kappa shape index (κ2) is 9.12. The quantitative estimate of drug-likeness (QED) is 0.637. The first-order valence-electron chi connectivity index (χ1n) is 8.86. The lowest BCUT2D eigenvalue weighted by molar-refractivity contribution is 0.000205. The topological polar surface area (TPSA) is 41.5 Å². The van der Waals surface area contributed by atoms with Crippen molar-refractivity contribution in [2.24, 2.45) is 11.8 Å². The second-order valence-electron chi connectivity index (χ2n) is 7.74. The van der Waals surface area contributed by atoms with Crippen LogP contribution in [0.5, 0.6) is 0 Å². The normalized spacial score (nSPS) is 29.6. The summed E-state index contributed by atoms with van der Waals surface area (Å²) in [6, 6.07) is 0.407. The largest absolute Gasteiger partial charge is 0.394 e. The molecule has 4 unspecified atom stereocenters. The summed E-state index contributed by atoms with van der Waals surface area (Å²) in [4.78, 5) is 0. The average molecular weight is 299 g/mol. The van der Waals surface area contributed by atoms with E-state index in [1.165, 1.54) is 19.3 Å². The van der Waals surface area contributed by atoms with Crippen LogP contribution in [0.15, 0.2) is 0 Å². The molecular formula is C18H37NO2. The van der Waals surface area contributed by atoms with E-state index in [4.69, 9.17) is 4.74 Å². The van der Waals surface area contributed by atoms with Gasteiger partial charge >= 0.3 is 0 Å². The van der Waals surface area contributed by atoms with Crippen molar-refractivity contribution in [3.63, 3.8) is 0 Å². The minimum atomic E-state index is -0.150. The molecule has 4 atom stereocenters. The second-order valence-corrected chi connectivity index (χ2v) is 7.74. The minimum absolute atomic E-state index is 0.150. The molecule has 1 saturated carbocycles. The van der Waals surface area contributed by atoms with Gasteiger partial charge in [-0.25, -0.2) is 0 Å². The molecule has 0 amide bonds. The summed E-state index contributed by atoms with van der Waals surface area (Å²) in [5.41, 5.74) is -0.150. The molecule has 0 bridgehead atoms. The van der Waals surface area contributed by atoms with Crippen molar-refractivity contribution in [1.29, 1.82) is 0 Å². The van der Waals surface area contributed by atoms with Crippen LogP contribution in [-0.2, 0) is 4.74 Å². The molecule has 1 aliphatic rings. The third-order valence-corrected chi connectivity index (χ3v) is 5.01. The van der Waals surface area contributed by atoms with E-state index in [0.29, 0.717) is 12.1 Å². The van der Waals surface area contributed by atoms with Gasteiger partial charge in [0.2, 0.25) is 0 Å². The number of hydrogen-bond donors (Lipinski definition) is 2. The summed E-state index contributed by atoms with van der Waals surface area (Å²) in [7, 11) is 0. The highest BCUT2D eigenvalue weighted by Crippen LogP contribution is 2.31. The molecule has 0 aromatic rings. The van der Waals surface area contributed by atoms with E-state index < -0.39 is 0 Å². The van der Waals surface area contributed by atoms with Crippen LogP contribution >= 0.6 is 0 Å². The highest BCUT2D eigenvalue weighted by atomic mass is 16.5. The van der Waals surface area contributed by atoms with Crippen LogP contribution < -0.4 is 5.32 Å². The minimum Gasteiger partial charge on any atom is -0.394 e. The zero-order valence-corrected chi connectivity index (χ0v) is 14.8. The summed E-state index contributed by atoms with van der Waals surface area (Å²) < 4.78 is 6.05. The Hall–Kier alpha value is -0.120. The van der Waals surface area contributed by atoms with E-state index in [-0.39, 0.29) is 12.1 Å².